The molecule has 0 spiro atoms. The number of aromatic nitrogens is 4. The van der Waals surface area contributed by atoms with E-state index in [9.17, 15) is 14.2 Å². The van der Waals surface area contributed by atoms with Crippen LogP contribution in [0.3, 0.4) is 0 Å². The van der Waals surface area contributed by atoms with Crippen molar-refractivity contribution in [3.63, 3.8) is 0 Å². The molecular formula is C14H25N4O5P. The zero-order valence-electron chi connectivity index (χ0n) is 14.2. The van der Waals surface area contributed by atoms with Gasteiger partial charge in [0.25, 0.3) is 5.56 Å². The van der Waals surface area contributed by atoms with Crippen LogP contribution >= 0.6 is 8.25 Å². The summed E-state index contributed by atoms with van der Waals surface area (Å²) in [4.78, 5) is 39.3. The van der Waals surface area contributed by atoms with Gasteiger partial charge in [-0.05, 0) is 12.8 Å². The fourth-order valence-electron chi connectivity index (χ4n) is 1.92. The van der Waals surface area contributed by atoms with Gasteiger partial charge in [-0.2, -0.15) is 0 Å². The van der Waals surface area contributed by atoms with Crippen molar-refractivity contribution in [3.05, 3.63) is 27.2 Å². The number of hydrogen-bond acceptors (Lipinski definition) is 5. The Morgan fingerprint density at radius 1 is 1.29 bits per heavy atom. The molecule has 2 heterocycles. The van der Waals surface area contributed by atoms with Gasteiger partial charge in [0, 0.05) is 13.6 Å². The van der Waals surface area contributed by atoms with E-state index in [1.807, 2.05) is 0 Å². The van der Waals surface area contributed by atoms with Crippen molar-refractivity contribution in [2.75, 3.05) is 6.61 Å². The van der Waals surface area contributed by atoms with Crippen molar-refractivity contribution in [1.29, 1.82) is 0 Å². The number of fused-ring (bicyclic) bond motifs is 1. The highest BCUT2D eigenvalue weighted by atomic mass is 31.1. The smallest absolute Gasteiger partial charge is 0.332 e. The quantitative estimate of drug-likeness (QED) is 0.569. The minimum Gasteiger partial charge on any atom is -0.339 e. The summed E-state index contributed by atoms with van der Waals surface area (Å²) in [7, 11) is -1.38. The fourth-order valence-corrected chi connectivity index (χ4v) is 2.24. The standard InChI is InChI=1S/C10H15N4O5P.C4H10/c1-13-8-7(11-6-12-8)9(15)14(10(13)16)4-2-3-5-19-20(17)18;1-3-4-2/h6,20H,2-5H2,1H3,(H,11,12)(H,17,18);3-4H2,1-2H3. The Balaban J connectivity index is 0.000000648. The average molecular weight is 360 g/mol. The van der Waals surface area contributed by atoms with E-state index >= 15 is 0 Å². The number of aryl methyl sites for hydroxylation is 1. The lowest BCUT2D eigenvalue weighted by Gasteiger charge is -2.07. The molecule has 10 heteroatoms. The Labute approximate surface area is 140 Å². The van der Waals surface area contributed by atoms with Crippen molar-refractivity contribution >= 4 is 19.4 Å². The van der Waals surface area contributed by atoms with E-state index in [0.29, 0.717) is 18.5 Å². The van der Waals surface area contributed by atoms with Gasteiger partial charge in [-0.15, -0.1) is 0 Å². The summed E-state index contributed by atoms with van der Waals surface area (Å²) in [5, 5.41) is 0. The molecule has 0 amide bonds. The topological polar surface area (TPSA) is 119 Å². The van der Waals surface area contributed by atoms with Gasteiger partial charge in [0.2, 0.25) is 0 Å². The number of nitrogens with zero attached hydrogens (tertiary/aromatic N) is 3. The van der Waals surface area contributed by atoms with Crippen molar-refractivity contribution in [2.45, 2.75) is 46.1 Å². The molecule has 0 saturated carbocycles. The van der Waals surface area contributed by atoms with Crippen LogP contribution in [0.1, 0.15) is 39.5 Å². The predicted octanol–water partition coefficient (Wildman–Crippen LogP) is 1.41. The lowest BCUT2D eigenvalue weighted by molar-refractivity contribution is 0.272. The fraction of sp³-hybridized carbons (Fsp3) is 0.643. The number of rotatable bonds is 7. The van der Waals surface area contributed by atoms with Crippen molar-refractivity contribution < 1.29 is 14.0 Å². The van der Waals surface area contributed by atoms with Gasteiger partial charge in [-0.1, -0.05) is 26.7 Å². The molecule has 9 nitrogen and oxygen atoms in total. The Kier molecular flexibility index (Phi) is 8.67. The number of H-pyrrole nitrogens is 1. The lowest BCUT2D eigenvalue weighted by Crippen LogP contribution is -2.39. The normalized spacial score (nSPS) is 12.0. The van der Waals surface area contributed by atoms with Crippen LogP contribution in [-0.4, -0.2) is 30.6 Å². The summed E-state index contributed by atoms with van der Waals surface area (Å²) in [6, 6.07) is 0. The Morgan fingerprint density at radius 3 is 2.54 bits per heavy atom. The molecule has 24 heavy (non-hydrogen) atoms. The second kappa shape index (κ2) is 10.2. The highest BCUT2D eigenvalue weighted by Crippen LogP contribution is 2.14. The Morgan fingerprint density at radius 2 is 1.96 bits per heavy atom. The van der Waals surface area contributed by atoms with Gasteiger partial charge in [-0.25, -0.2) is 9.78 Å². The summed E-state index contributed by atoms with van der Waals surface area (Å²) >= 11 is 0. The molecule has 2 aromatic rings. The van der Waals surface area contributed by atoms with Crippen LogP contribution in [0.4, 0.5) is 0 Å². The number of hydrogen-bond donors (Lipinski definition) is 2. The zero-order valence-corrected chi connectivity index (χ0v) is 15.2. The second-order valence-corrected chi connectivity index (χ2v) is 6.04. The molecule has 2 N–H and O–H groups in total. The maximum Gasteiger partial charge on any atom is 0.332 e. The van der Waals surface area contributed by atoms with E-state index in [1.165, 1.54) is 23.7 Å². The SMILES string of the molecule is CCCC.Cn1c(=O)n(CCCCO[PH](=O)O)c(=O)c2[nH]cnc21. The minimum absolute atomic E-state index is 0.121. The van der Waals surface area contributed by atoms with Crippen LogP contribution in [0.25, 0.3) is 11.2 Å². The molecule has 0 bridgehead atoms. The van der Waals surface area contributed by atoms with Crippen LogP contribution in [0.5, 0.6) is 0 Å². The van der Waals surface area contributed by atoms with Crippen LogP contribution in [-0.2, 0) is 22.7 Å². The van der Waals surface area contributed by atoms with Gasteiger partial charge in [-0.3, -0.25) is 18.5 Å². The molecule has 0 aliphatic heterocycles. The highest BCUT2D eigenvalue weighted by Gasteiger charge is 2.12. The molecule has 0 aromatic carbocycles. The Bertz CT molecular complexity index is 778. The third-order valence-corrected chi connectivity index (χ3v) is 3.87. The number of aromatic amines is 1. The molecule has 0 saturated heterocycles. The first-order valence-electron chi connectivity index (χ1n) is 7.92. The van der Waals surface area contributed by atoms with E-state index in [0.717, 1.165) is 4.57 Å². The van der Waals surface area contributed by atoms with Crippen molar-refractivity contribution in [1.82, 2.24) is 19.1 Å². The van der Waals surface area contributed by atoms with Crippen molar-refractivity contribution in [3.8, 4) is 0 Å². The van der Waals surface area contributed by atoms with Crippen LogP contribution in [0.2, 0.25) is 0 Å². The third kappa shape index (κ3) is 5.43. The molecular weight excluding hydrogens is 335 g/mol. The van der Waals surface area contributed by atoms with E-state index in [4.69, 9.17) is 4.89 Å². The first-order chi connectivity index (χ1) is 11.4. The molecule has 2 aromatic heterocycles. The molecule has 1 atom stereocenters. The second-order valence-electron chi connectivity index (χ2n) is 5.22. The summed E-state index contributed by atoms with van der Waals surface area (Å²) in [6.45, 7) is 4.70. The first-order valence-corrected chi connectivity index (χ1v) is 9.19. The van der Waals surface area contributed by atoms with Gasteiger partial charge in [0.05, 0.1) is 12.9 Å². The van der Waals surface area contributed by atoms with Gasteiger partial charge in [0.1, 0.15) is 5.52 Å². The van der Waals surface area contributed by atoms with Gasteiger partial charge in [0.15, 0.2) is 5.65 Å². The summed E-state index contributed by atoms with van der Waals surface area (Å²) in [6.07, 6.45) is 4.97. The third-order valence-electron chi connectivity index (χ3n) is 3.42. The maximum absolute atomic E-state index is 12.1. The Hall–Kier alpha value is -1.70. The monoisotopic (exact) mass is 360 g/mol. The molecule has 136 valence electrons. The number of unbranched alkanes of at least 4 members (excludes halogenated alkanes) is 2. The summed E-state index contributed by atoms with van der Waals surface area (Å²) < 4.78 is 17.3. The van der Waals surface area contributed by atoms with Gasteiger partial charge >= 0.3 is 13.9 Å². The van der Waals surface area contributed by atoms with Crippen molar-refractivity contribution in [2.24, 2.45) is 7.05 Å². The van der Waals surface area contributed by atoms with E-state index in [-0.39, 0.29) is 18.7 Å². The minimum atomic E-state index is -2.92. The first kappa shape index (κ1) is 20.3. The number of imidazole rings is 1. The van der Waals surface area contributed by atoms with Gasteiger partial charge < -0.3 is 14.4 Å². The molecule has 1 unspecified atom stereocenters. The van der Waals surface area contributed by atoms with Crippen LogP contribution < -0.4 is 11.2 Å². The van der Waals surface area contributed by atoms with E-state index in [1.54, 1.807) is 7.05 Å². The molecule has 0 fully saturated rings. The predicted molar refractivity (Wildman–Crippen MR) is 92.6 cm³/mol. The average Bonchev–Trinajstić information content (AvgIpc) is 3.05. The summed E-state index contributed by atoms with van der Waals surface area (Å²) in [5.41, 5.74) is -0.259. The summed E-state index contributed by atoms with van der Waals surface area (Å²) in [5.74, 6) is 0. The van der Waals surface area contributed by atoms with E-state index < -0.39 is 19.5 Å². The highest BCUT2D eigenvalue weighted by molar-refractivity contribution is 7.32. The number of nitrogens with one attached hydrogen (secondary N) is 1. The zero-order chi connectivity index (χ0) is 18.1. The van der Waals surface area contributed by atoms with E-state index in [2.05, 4.69) is 28.3 Å². The molecule has 0 aliphatic rings. The largest absolute Gasteiger partial charge is 0.339 e. The lowest BCUT2D eigenvalue weighted by atomic mass is 10.3. The molecule has 0 aliphatic carbocycles. The van der Waals surface area contributed by atoms with Crippen LogP contribution in [0.15, 0.2) is 15.9 Å². The molecule has 0 radical (unpaired) electrons. The van der Waals surface area contributed by atoms with Crippen LogP contribution in [0, 0.1) is 0 Å². The maximum atomic E-state index is 12.1. The molecule has 2 rings (SSSR count).